The second-order valence-electron chi connectivity index (χ2n) is 7.06. The fourth-order valence-electron chi connectivity index (χ4n) is 3.48. The lowest BCUT2D eigenvalue weighted by Crippen LogP contribution is -2.31. The largest absolute Gasteiger partial charge is 0.122 e. The van der Waals surface area contributed by atoms with E-state index in [1.807, 2.05) is 0 Å². The van der Waals surface area contributed by atoms with Crippen LogP contribution < -0.4 is 0 Å². The quantitative estimate of drug-likeness (QED) is 0.330. The smallest absolute Gasteiger partial charge is 0.0322 e. The molecular formula is C18H38P2. The van der Waals surface area contributed by atoms with Gasteiger partial charge < -0.3 is 0 Å². The Bertz CT molecular complexity index is 205. The van der Waals surface area contributed by atoms with Gasteiger partial charge in [0.05, 0.1) is 0 Å². The molecule has 0 aromatic rings. The highest BCUT2D eigenvalue weighted by Gasteiger charge is 2.31. The summed E-state index contributed by atoms with van der Waals surface area (Å²) in [6, 6.07) is 0. The average molecular weight is 316 g/mol. The van der Waals surface area contributed by atoms with E-state index in [9.17, 15) is 0 Å². The molecule has 0 amide bonds. The van der Waals surface area contributed by atoms with Gasteiger partial charge in [-0.05, 0) is 74.0 Å². The van der Waals surface area contributed by atoms with E-state index in [2.05, 4.69) is 27.7 Å². The molecule has 1 fully saturated rings. The maximum Gasteiger partial charge on any atom is -0.0322 e. The Labute approximate surface area is 132 Å². The number of rotatable bonds is 10. The second-order valence-corrected chi connectivity index (χ2v) is 9.88. The first kappa shape index (κ1) is 18.9. The van der Waals surface area contributed by atoms with Crippen LogP contribution in [0.15, 0.2) is 0 Å². The van der Waals surface area contributed by atoms with Gasteiger partial charge in [0.2, 0.25) is 0 Å². The van der Waals surface area contributed by atoms with Crippen LogP contribution in [0.2, 0.25) is 0 Å². The minimum absolute atomic E-state index is 0.978. The normalized spacial score (nSPS) is 31.8. The molecule has 0 bridgehead atoms. The Morgan fingerprint density at radius 2 is 1.15 bits per heavy atom. The van der Waals surface area contributed by atoms with Crippen LogP contribution in [-0.4, -0.2) is 24.6 Å². The van der Waals surface area contributed by atoms with E-state index in [0.29, 0.717) is 0 Å². The summed E-state index contributed by atoms with van der Waals surface area (Å²) < 4.78 is 0. The molecule has 0 N–H and O–H groups in total. The molecule has 2 heteroatoms. The first-order chi connectivity index (χ1) is 9.69. The highest BCUT2D eigenvalue weighted by molar-refractivity contribution is 7.38. The molecule has 0 spiro atoms. The molecule has 0 saturated heterocycles. The standard InChI is InChI=1S/C18H38P2/c1-5-7-9-19-13-17-11-15(3)16(4)12-18(17)14-20-10-8-6-2/h15-20H,5-14H2,1-4H3/t15?,16?,17-,18+. The Hall–Kier alpha value is 0.860. The average Bonchev–Trinajstić information content (AvgIpc) is 2.44. The van der Waals surface area contributed by atoms with Gasteiger partial charge in [-0.2, -0.15) is 0 Å². The summed E-state index contributed by atoms with van der Waals surface area (Å²) in [6.07, 6.45) is 14.9. The molecule has 0 aromatic heterocycles. The van der Waals surface area contributed by atoms with Crippen molar-refractivity contribution in [1.82, 2.24) is 0 Å². The molecular weight excluding hydrogens is 278 g/mol. The van der Waals surface area contributed by atoms with Crippen molar-refractivity contribution in [3.63, 3.8) is 0 Å². The molecule has 0 radical (unpaired) electrons. The zero-order valence-corrected chi connectivity index (χ0v) is 16.4. The van der Waals surface area contributed by atoms with Crippen molar-refractivity contribution in [3.05, 3.63) is 0 Å². The fourth-order valence-corrected chi connectivity index (χ4v) is 6.84. The Balaban J connectivity index is 2.34. The van der Waals surface area contributed by atoms with Crippen LogP contribution in [0.4, 0.5) is 0 Å². The molecule has 0 aliphatic heterocycles. The van der Waals surface area contributed by atoms with Crippen LogP contribution >= 0.6 is 17.2 Å². The Kier molecular flexibility index (Phi) is 10.8. The van der Waals surface area contributed by atoms with Gasteiger partial charge in [-0.25, -0.2) is 0 Å². The van der Waals surface area contributed by atoms with Crippen molar-refractivity contribution < 1.29 is 0 Å². The number of hydrogen-bond acceptors (Lipinski definition) is 0. The molecule has 0 aromatic carbocycles. The highest BCUT2D eigenvalue weighted by atomic mass is 31.1. The van der Waals surface area contributed by atoms with Crippen molar-refractivity contribution in [3.8, 4) is 0 Å². The highest BCUT2D eigenvalue weighted by Crippen LogP contribution is 2.42. The third kappa shape index (κ3) is 7.22. The molecule has 1 rings (SSSR count). The summed E-state index contributed by atoms with van der Waals surface area (Å²) >= 11 is 0. The molecule has 120 valence electrons. The monoisotopic (exact) mass is 316 g/mol. The predicted octanol–water partition coefficient (Wildman–Crippen LogP) is 6.24. The Morgan fingerprint density at radius 1 is 0.750 bits per heavy atom. The fraction of sp³-hybridized carbons (Fsp3) is 1.00. The summed E-state index contributed by atoms with van der Waals surface area (Å²) in [5, 5.41) is 0. The number of hydrogen-bond donors (Lipinski definition) is 0. The summed E-state index contributed by atoms with van der Waals surface area (Å²) in [5.41, 5.74) is 0. The zero-order valence-electron chi connectivity index (χ0n) is 14.4. The first-order valence-corrected chi connectivity index (χ1v) is 11.9. The van der Waals surface area contributed by atoms with Crippen LogP contribution in [-0.2, 0) is 0 Å². The second kappa shape index (κ2) is 11.4. The van der Waals surface area contributed by atoms with Crippen molar-refractivity contribution >= 4 is 17.2 Å². The van der Waals surface area contributed by atoms with Gasteiger partial charge in [-0.3, -0.25) is 0 Å². The minimum Gasteiger partial charge on any atom is -0.122 e. The first-order valence-electron chi connectivity index (χ1n) is 9.10. The summed E-state index contributed by atoms with van der Waals surface area (Å²) in [6.45, 7) is 9.66. The van der Waals surface area contributed by atoms with Gasteiger partial charge in [0, 0.05) is 0 Å². The topological polar surface area (TPSA) is 0 Å². The summed E-state index contributed by atoms with van der Waals surface area (Å²) in [7, 11) is 2.49. The molecule has 1 aliphatic rings. The summed E-state index contributed by atoms with van der Waals surface area (Å²) in [4.78, 5) is 0. The van der Waals surface area contributed by atoms with Crippen LogP contribution in [0.3, 0.4) is 0 Å². The van der Waals surface area contributed by atoms with Gasteiger partial charge in [0.1, 0.15) is 0 Å². The maximum atomic E-state index is 2.50. The maximum absolute atomic E-state index is 2.50. The van der Waals surface area contributed by atoms with Crippen LogP contribution in [0, 0.1) is 23.7 Å². The summed E-state index contributed by atoms with van der Waals surface area (Å²) in [5.74, 6) is 4.11. The third-order valence-electron chi connectivity index (χ3n) is 5.21. The van der Waals surface area contributed by atoms with Crippen LogP contribution in [0.5, 0.6) is 0 Å². The molecule has 20 heavy (non-hydrogen) atoms. The van der Waals surface area contributed by atoms with E-state index in [4.69, 9.17) is 0 Å². The van der Waals surface area contributed by atoms with Gasteiger partial charge in [0.15, 0.2) is 0 Å². The van der Waals surface area contributed by atoms with Crippen molar-refractivity contribution in [2.24, 2.45) is 23.7 Å². The molecule has 1 saturated carbocycles. The van der Waals surface area contributed by atoms with Gasteiger partial charge >= 0.3 is 0 Å². The van der Waals surface area contributed by atoms with Crippen LogP contribution in [0.1, 0.15) is 66.2 Å². The lowest BCUT2D eigenvalue weighted by atomic mass is 9.71. The van der Waals surface area contributed by atoms with Gasteiger partial charge in [0.25, 0.3) is 0 Å². The molecule has 0 nitrogen and oxygen atoms in total. The number of unbranched alkanes of at least 4 members (excludes halogenated alkanes) is 2. The minimum atomic E-state index is 0.978. The van der Waals surface area contributed by atoms with Crippen molar-refractivity contribution in [2.45, 2.75) is 66.2 Å². The lowest BCUT2D eigenvalue weighted by Gasteiger charge is -2.39. The van der Waals surface area contributed by atoms with E-state index in [0.717, 1.165) is 23.7 Å². The van der Waals surface area contributed by atoms with Gasteiger partial charge in [-0.15, -0.1) is 17.2 Å². The predicted molar refractivity (Wildman–Crippen MR) is 100 cm³/mol. The lowest BCUT2D eigenvalue weighted by molar-refractivity contribution is 0.162. The molecule has 1 aliphatic carbocycles. The molecule has 4 unspecified atom stereocenters. The van der Waals surface area contributed by atoms with E-state index in [1.165, 1.54) is 68.0 Å². The van der Waals surface area contributed by atoms with Crippen molar-refractivity contribution in [2.75, 3.05) is 24.6 Å². The van der Waals surface area contributed by atoms with Crippen molar-refractivity contribution in [1.29, 1.82) is 0 Å². The van der Waals surface area contributed by atoms with Crippen LogP contribution in [0.25, 0.3) is 0 Å². The molecule has 6 atom stereocenters. The SMILES string of the molecule is CCCCPC[C@@H]1CC(C)C(C)C[C@@H]1CPCCCC. The van der Waals surface area contributed by atoms with E-state index in [1.54, 1.807) is 12.3 Å². The van der Waals surface area contributed by atoms with E-state index in [-0.39, 0.29) is 0 Å². The zero-order chi connectivity index (χ0) is 14.8. The van der Waals surface area contributed by atoms with Gasteiger partial charge in [-0.1, -0.05) is 40.5 Å². The third-order valence-corrected chi connectivity index (χ3v) is 8.25. The van der Waals surface area contributed by atoms with E-state index < -0.39 is 0 Å². The Morgan fingerprint density at radius 3 is 1.50 bits per heavy atom. The van der Waals surface area contributed by atoms with E-state index >= 15 is 0 Å². The molecule has 0 heterocycles.